The van der Waals surface area contributed by atoms with Crippen LogP contribution in [0, 0.1) is 6.92 Å². The smallest absolute Gasteiger partial charge is 0.411 e. The lowest BCUT2D eigenvalue weighted by Gasteiger charge is -2.08. The lowest BCUT2D eigenvalue weighted by molar-refractivity contribution is -0.175. The first-order valence-electron chi connectivity index (χ1n) is 4.67. The Morgan fingerprint density at radius 1 is 1.25 bits per heavy atom. The van der Waals surface area contributed by atoms with Crippen LogP contribution in [0.4, 0.5) is 13.2 Å². The van der Waals surface area contributed by atoms with Gasteiger partial charge in [0.2, 0.25) is 0 Å². The van der Waals surface area contributed by atoms with Crippen molar-refractivity contribution < 1.29 is 22.6 Å². The van der Waals surface area contributed by atoms with E-state index < -0.39 is 12.8 Å². The Morgan fingerprint density at radius 3 is 2.56 bits per heavy atom. The minimum absolute atomic E-state index is 0.0703. The molecule has 0 aliphatic carbocycles. The third-order valence-corrected chi connectivity index (χ3v) is 1.65. The van der Waals surface area contributed by atoms with Gasteiger partial charge >= 0.3 is 6.18 Å². The minimum atomic E-state index is -4.29. The van der Waals surface area contributed by atoms with Crippen molar-refractivity contribution in [3.05, 3.63) is 24.0 Å². The Balaban J connectivity index is 2.14. The maximum absolute atomic E-state index is 11.7. The number of aromatic nitrogens is 1. The van der Waals surface area contributed by atoms with Crippen LogP contribution >= 0.6 is 0 Å². The predicted octanol–water partition coefficient (Wildman–Crippen LogP) is 2.35. The number of alkyl halides is 3. The van der Waals surface area contributed by atoms with Gasteiger partial charge in [-0.2, -0.15) is 13.2 Å². The molecular formula is C10H12F3NO2. The molecule has 16 heavy (non-hydrogen) atoms. The van der Waals surface area contributed by atoms with Crippen LogP contribution in [0.3, 0.4) is 0 Å². The first-order valence-corrected chi connectivity index (χ1v) is 4.67. The molecule has 3 nitrogen and oxygen atoms in total. The summed E-state index contributed by atoms with van der Waals surface area (Å²) >= 11 is 0. The van der Waals surface area contributed by atoms with Crippen LogP contribution in [0.1, 0.15) is 5.69 Å². The fraction of sp³-hybridized carbons (Fsp3) is 0.500. The zero-order chi connectivity index (χ0) is 12.0. The van der Waals surface area contributed by atoms with Crippen molar-refractivity contribution in [2.75, 3.05) is 19.8 Å². The average molecular weight is 235 g/mol. The molecule has 90 valence electrons. The van der Waals surface area contributed by atoms with E-state index in [1.165, 1.54) is 6.20 Å². The molecule has 0 fully saturated rings. The third kappa shape index (κ3) is 5.55. The number of pyridine rings is 1. The van der Waals surface area contributed by atoms with Gasteiger partial charge in [0, 0.05) is 5.69 Å². The summed E-state index contributed by atoms with van der Waals surface area (Å²) in [6, 6.07) is 3.46. The van der Waals surface area contributed by atoms with Gasteiger partial charge in [0.1, 0.15) is 19.0 Å². The number of aryl methyl sites for hydroxylation is 1. The maximum atomic E-state index is 11.7. The van der Waals surface area contributed by atoms with Gasteiger partial charge < -0.3 is 9.47 Å². The lowest BCUT2D eigenvalue weighted by Crippen LogP contribution is -2.19. The first kappa shape index (κ1) is 12.8. The summed E-state index contributed by atoms with van der Waals surface area (Å²) in [5, 5.41) is 0. The van der Waals surface area contributed by atoms with E-state index in [1.54, 1.807) is 12.1 Å². The Labute approximate surface area is 91.2 Å². The highest BCUT2D eigenvalue weighted by molar-refractivity contribution is 5.18. The first-order chi connectivity index (χ1) is 7.47. The highest BCUT2D eigenvalue weighted by Crippen LogP contribution is 2.14. The zero-order valence-electron chi connectivity index (χ0n) is 8.75. The molecule has 0 spiro atoms. The topological polar surface area (TPSA) is 31.4 Å². The van der Waals surface area contributed by atoms with Gasteiger partial charge in [0.15, 0.2) is 0 Å². The predicted molar refractivity (Wildman–Crippen MR) is 51.3 cm³/mol. The van der Waals surface area contributed by atoms with Gasteiger partial charge in [-0.05, 0) is 19.1 Å². The zero-order valence-corrected chi connectivity index (χ0v) is 8.75. The summed E-state index contributed by atoms with van der Waals surface area (Å²) in [4.78, 5) is 3.97. The molecule has 0 aromatic carbocycles. The molecule has 1 aromatic heterocycles. The van der Waals surface area contributed by atoms with Gasteiger partial charge in [0.05, 0.1) is 12.8 Å². The van der Waals surface area contributed by atoms with E-state index in [4.69, 9.17) is 4.74 Å². The SMILES string of the molecule is Cc1ccc(OCCOCC(F)(F)F)cn1. The second-order valence-corrected chi connectivity index (χ2v) is 3.15. The number of nitrogens with zero attached hydrogens (tertiary/aromatic N) is 1. The molecule has 1 rings (SSSR count). The van der Waals surface area contributed by atoms with Crippen molar-refractivity contribution in [1.82, 2.24) is 4.98 Å². The van der Waals surface area contributed by atoms with Crippen molar-refractivity contribution in [3.8, 4) is 5.75 Å². The monoisotopic (exact) mass is 235 g/mol. The van der Waals surface area contributed by atoms with E-state index in [9.17, 15) is 13.2 Å². The molecular weight excluding hydrogens is 223 g/mol. The second-order valence-electron chi connectivity index (χ2n) is 3.15. The molecule has 0 aliphatic heterocycles. The number of hydrogen-bond donors (Lipinski definition) is 0. The largest absolute Gasteiger partial charge is 0.490 e. The minimum Gasteiger partial charge on any atom is -0.490 e. The highest BCUT2D eigenvalue weighted by Gasteiger charge is 2.27. The summed E-state index contributed by atoms with van der Waals surface area (Å²) in [7, 11) is 0. The van der Waals surface area contributed by atoms with Crippen LogP contribution in [0.15, 0.2) is 18.3 Å². The molecule has 0 N–H and O–H groups in total. The molecule has 0 saturated heterocycles. The number of ether oxygens (including phenoxy) is 2. The fourth-order valence-electron chi connectivity index (χ4n) is 0.946. The standard InChI is InChI=1S/C10H12F3NO2/c1-8-2-3-9(6-14-8)16-5-4-15-7-10(11,12)13/h2-3,6H,4-5,7H2,1H3. The van der Waals surface area contributed by atoms with Crippen molar-refractivity contribution in [2.24, 2.45) is 0 Å². The summed E-state index contributed by atoms with van der Waals surface area (Å²) in [6.07, 6.45) is -2.77. The van der Waals surface area contributed by atoms with Crippen LogP contribution < -0.4 is 4.74 Å². The highest BCUT2D eigenvalue weighted by atomic mass is 19.4. The molecule has 0 radical (unpaired) electrons. The Morgan fingerprint density at radius 2 is 2.00 bits per heavy atom. The normalized spacial score (nSPS) is 11.5. The molecule has 1 aromatic rings. The average Bonchev–Trinajstić information content (AvgIpc) is 2.19. The van der Waals surface area contributed by atoms with E-state index >= 15 is 0 Å². The number of halogens is 3. The molecule has 0 atom stereocenters. The molecule has 6 heteroatoms. The van der Waals surface area contributed by atoms with Gasteiger partial charge in [0.25, 0.3) is 0 Å². The summed E-state index contributed by atoms with van der Waals surface area (Å²) < 4.78 is 44.5. The molecule has 1 heterocycles. The van der Waals surface area contributed by atoms with Gasteiger partial charge in [-0.15, -0.1) is 0 Å². The third-order valence-electron chi connectivity index (χ3n) is 1.65. The molecule has 0 bridgehead atoms. The second kappa shape index (κ2) is 5.69. The van der Waals surface area contributed by atoms with E-state index in [0.29, 0.717) is 5.75 Å². The summed E-state index contributed by atoms with van der Waals surface area (Å²) in [6.45, 7) is 0.549. The lowest BCUT2D eigenvalue weighted by atomic mass is 10.4. The summed E-state index contributed by atoms with van der Waals surface area (Å²) in [5.74, 6) is 0.515. The van der Waals surface area contributed by atoms with E-state index in [0.717, 1.165) is 5.69 Å². The van der Waals surface area contributed by atoms with Gasteiger partial charge in [-0.1, -0.05) is 0 Å². The van der Waals surface area contributed by atoms with Crippen molar-refractivity contribution in [3.63, 3.8) is 0 Å². The van der Waals surface area contributed by atoms with Gasteiger partial charge in [-0.25, -0.2) is 0 Å². The fourth-order valence-corrected chi connectivity index (χ4v) is 0.946. The number of hydrogen-bond acceptors (Lipinski definition) is 3. The van der Waals surface area contributed by atoms with Crippen LogP contribution in [0.5, 0.6) is 5.75 Å². The summed E-state index contributed by atoms with van der Waals surface area (Å²) in [5.41, 5.74) is 0.848. The van der Waals surface area contributed by atoms with E-state index in [2.05, 4.69) is 9.72 Å². The molecule has 0 unspecified atom stereocenters. The maximum Gasteiger partial charge on any atom is 0.411 e. The quantitative estimate of drug-likeness (QED) is 0.734. The van der Waals surface area contributed by atoms with Crippen molar-refractivity contribution in [1.29, 1.82) is 0 Å². The Hall–Kier alpha value is -1.30. The van der Waals surface area contributed by atoms with Gasteiger partial charge in [-0.3, -0.25) is 4.98 Å². The Bertz CT molecular complexity index is 311. The molecule has 0 aliphatic rings. The van der Waals surface area contributed by atoms with Crippen LogP contribution in [-0.4, -0.2) is 31.0 Å². The van der Waals surface area contributed by atoms with Crippen LogP contribution in [-0.2, 0) is 4.74 Å². The van der Waals surface area contributed by atoms with E-state index in [1.807, 2.05) is 6.92 Å². The molecule has 0 amide bonds. The Kier molecular flexibility index (Phi) is 4.54. The van der Waals surface area contributed by atoms with Crippen molar-refractivity contribution in [2.45, 2.75) is 13.1 Å². The molecule has 0 saturated carbocycles. The van der Waals surface area contributed by atoms with Crippen molar-refractivity contribution >= 4 is 0 Å². The van der Waals surface area contributed by atoms with Crippen LogP contribution in [0.2, 0.25) is 0 Å². The van der Waals surface area contributed by atoms with E-state index in [-0.39, 0.29) is 13.2 Å². The number of rotatable bonds is 5. The van der Waals surface area contributed by atoms with Crippen LogP contribution in [0.25, 0.3) is 0 Å².